The Morgan fingerprint density at radius 3 is 2.93 bits per heavy atom. The summed E-state index contributed by atoms with van der Waals surface area (Å²) in [6.07, 6.45) is 3.22. The van der Waals surface area contributed by atoms with Crippen LogP contribution in [0.3, 0.4) is 0 Å². The van der Waals surface area contributed by atoms with E-state index in [0.717, 1.165) is 5.56 Å². The predicted octanol–water partition coefficient (Wildman–Crippen LogP) is -0.268. The summed E-state index contributed by atoms with van der Waals surface area (Å²) in [7, 11) is 0. The second-order valence-corrected chi connectivity index (χ2v) is 2.97. The van der Waals surface area contributed by atoms with Gasteiger partial charge in [-0.15, -0.1) is 0 Å². The molecular weight excluding hydrogens is 198 g/mol. The molecule has 1 unspecified atom stereocenters. The number of pyridine rings is 1. The first-order valence-electron chi connectivity index (χ1n) is 4.36. The largest absolute Gasteiger partial charge is 0.475 e. The van der Waals surface area contributed by atoms with Gasteiger partial charge in [0.2, 0.25) is 5.90 Å². The fourth-order valence-corrected chi connectivity index (χ4v) is 1.24. The van der Waals surface area contributed by atoms with Crippen LogP contribution in [-0.2, 0) is 9.53 Å². The molecule has 2 heterocycles. The predicted molar refractivity (Wildman–Crippen MR) is 50.4 cm³/mol. The number of nitrogens with one attached hydrogen (secondary N) is 1. The van der Waals surface area contributed by atoms with Crippen LogP contribution in [0, 0.1) is 0 Å². The number of hydroxylamine groups is 1. The summed E-state index contributed by atoms with van der Waals surface area (Å²) in [5.41, 5.74) is 2.30. The Hall–Kier alpha value is -1.95. The number of carbonyl (C=O) groups is 1. The van der Waals surface area contributed by atoms with Gasteiger partial charge in [0.15, 0.2) is 6.04 Å². The number of carbonyl (C=O) groups excluding carboxylic acids is 1. The molecule has 1 atom stereocenters. The Labute approximate surface area is 85.6 Å². The van der Waals surface area contributed by atoms with Gasteiger partial charge in [-0.05, 0) is 12.1 Å². The van der Waals surface area contributed by atoms with Gasteiger partial charge in [-0.2, -0.15) is 0 Å². The maximum absolute atomic E-state index is 11.0. The van der Waals surface area contributed by atoms with Gasteiger partial charge in [-0.1, -0.05) is 0 Å². The smallest absolute Gasteiger partial charge is 0.271 e. The lowest BCUT2D eigenvalue weighted by Crippen LogP contribution is -2.31. The lowest BCUT2D eigenvalue weighted by Gasteiger charge is -2.00. The van der Waals surface area contributed by atoms with Crippen LogP contribution in [-0.4, -0.2) is 34.6 Å². The molecule has 78 valence electrons. The molecule has 1 aliphatic heterocycles. The number of hydrogen-bond donors (Lipinski definition) is 2. The van der Waals surface area contributed by atoms with Gasteiger partial charge in [0.05, 0.1) is 0 Å². The van der Waals surface area contributed by atoms with Crippen molar-refractivity contribution in [3.63, 3.8) is 0 Å². The molecule has 0 spiro atoms. The zero-order chi connectivity index (χ0) is 10.7. The van der Waals surface area contributed by atoms with Gasteiger partial charge in [-0.25, -0.2) is 10.5 Å². The molecule has 2 N–H and O–H groups in total. The van der Waals surface area contributed by atoms with E-state index in [1.165, 1.54) is 0 Å². The van der Waals surface area contributed by atoms with E-state index in [-0.39, 0.29) is 6.61 Å². The average Bonchev–Trinajstić information content (AvgIpc) is 2.78. The van der Waals surface area contributed by atoms with Crippen molar-refractivity contribution in [3.05, 3.63) is 30.1 Å². The fraction of sp³-hybridized carbons (Fsp3) is 0.222. The summed E-state index contributed by atoms with van der Waals surface area (Å²) in [5.74, 6) is -0.176. The number of ether oxygens (including phenoxy) is 1. The van der Waals surface area contributed by atoms with Crippen molar-refractivity contribution in [2.45, 2.75) is 6.04 Å². The average molecular weight is 207 g/mol. The van der Waals surface area contributed by atoms with Crippen LogP contribution < -0.4 is 5.48 Å². The quantitative estimate of drug-likeness (QED) is 0.516. The van der Waals surface area contributed by atoms with Gasteiger partial charge in [0.25, 0.3) is 5.91 Å². The van der Waals surface area contributed by atoms with Crippen molar-refractivity contribution in [2.75, 3.05) is 6.61 Å². The van der Waals surface area contributed by atoms with E-state index in [1.807, 2.05) is 0 Å². The van der Waals surface area contributed by atoms with Crippen LogP contribution in [0.4, 0.5) is 0 Å². The molecule has 0 bridgehead atoms. The van der Waals surface area contributed by atoms with E-state index >= 15 is 0 Å². The summed E-state index contributed by atoms with van der Waals surface area (Å²) < 4.78 is 5.22. The van der Waals surface area contributed by atoms with Crippen molar-refractivity contribution in [3.8, 4) is 0 Å². The summed E-state index contributed by atoms with van der Waals surface area (Å²) in [6, 6.07) is 2.79. The zero-order valence-electron chi connectivity index (χ0n) is 7.75. The highest BCUT2D eigenvalue weighted by atomic mass is 16.5. The first kappa shape index (κ1) is 9.60. The van der Waals surface area contributed by atoms with Gasteiger partial charge in [-0.3, -0.25) is 15.0 Å². The Morgan fingerprint density at radius 1 is 1.53 bits per heavy atom. The minimum atomic E-state index is -0.682. The van der Waals surface area contributed by atoms with E-state index in [9.17, 15) is 4.79 Å². The highest BCUT2D eigenvalue weighted by Gasteiger charge is 2.25. The van der Waals surface area contributed by atoms with Crippen LogP contribution in [0.5, 0.6) is 0 Å². The fourth-order valence-electron chi connectivity index (χ4n) is 1.24. The van der Waals surface area contributed by atoms with Crippen LogP contribution in [0.1, 0.15) is 5.56 Å². The normalized spacial score (nSPS) is 19.3. The minimum Gasteiger partial charge on any atom is -0.475 e. The maximum Gasteiger partial charge on any atom is 0.271 e. The number of aromatic nitrogens is 1. The van der Waals surface area contributed by atoms with Crippen molar-refractivity contribution in [2.24, 2.45) is 4.99 Å². The van der Waals surface area contributed by atoms with E-state index in [1.54, 1.807) is 30.0 Å². The lowest BCUT2D eigenvalue weighted by molar-refractivity contribution is -0.130. The van der Waals surface area contributed by atoms with Crippen molar-refractivity contribution < 1.29 is 14.7 Å². The monoisotopic (exact) mass is 207 g/mol. The molecule has 0 radical (unpaired) electrons. The van der Waals surface area contributed by atoms with Gasteiger partial charge in [0, 0.05) is 18.0 Å². The Morgan fingerprint density at radius 2 is 2.27 bits per heavy atom. The van der Waals surface area contributed by atoms with Crippen molar-refractivity contribution >= 4 is 11.8 Å². The van der Waals surface area contributed by atoms with Crippen LogP contribution in [0.2, 0.25) is 0 Å². The molecule has 0 aliphatic carbocycles. The second-order valence-electron chi connectivity index (χ2n) is 2.97. The SMILES string of the molecule is O=C(NO)C1COC(c2ccncc2)=N1. The summed E-state index contributed by atoms with van der Waals surface area (Å²) in [4.78, 5) is 18.9. The lowest BCUT2D eigenvalue weighted by atomic mass is 10.3. The molecule has 6 heteroatoms. The standard InChI is InChI=1S/C9H9N3O3/c13-8(12-14)7-5-15-9(11-7)6-1-3-10-4-2-6/h1-4,7,14H,5H2,(H,12,13). The molecule has 1 amide bonds. The minimum absolute atomic E-state index is 0.143. The molecule has 0 aromatic carbocycles. The van der Waals surface area contributed by atoms with E-state index in [4.69, 9.17) is 9.94 Å². The summed E-state index contributed by atoms with van der Waals surface area (Å²) in [5, 5.41) is 8.42. The first-order chi connectivity index (χ1) is 7.31. The second kappa shape index (κ2) is 4.05. The zero-order valence-corrected chi connectivity index (χ0v) is 7.75. The Kier molecular flexibility index (Phi) is 2.59. The Bertz CT molecular complexity index is 391. The number of nitrogens with zero attached hydrogens (tertiary/aromatic N) is 2. The highest BCUT2D eigenvalue weighted by Crippen LogP contribution is 2.11. The molecule has 15 heavy (non-hydrogen) atoms. The number of rotatable bonds is 2. The van der Waals surface area contributed by atoms with Crippen LogP contribution in [0.25, 0.3) is 0 Å². The molecule has 1 aromatic heterocycles. The number of amides is 1. The van der Waals surface area contributed by atoms with Crippen LogP contribution in [0.15, 0.2) is 29.5 Å². The van der Waals surface area contributed by atoms with E-state index in [0.29, 0.717) is 5.90 Å². The molecule has 0 saturated carbocycles. The summed E-state index contributed by atoms with van der Waals surface area (Å²) in [6.45, 7) is 0.143. The van der Waals surface area contributed by atoms with Gasteiger partial charge in [0.1, 0.15) is 6.61 Å². The summed E-state index contributed by atoms with van der Waals surface area (Å²) >= 11 is 0. The molecule has 6 nitrogen and oxygen atoms in total. The molecule has 1 aromatic rings. The van der Waals surface area contributed by atoms with Crippen LogP contribution >= 0.6 is 0 Å². The molecular formula is C9H9N3O3. The number of aliphatic imine (C=N–C) groups is 1. The first-order valence-corrected chi connectivity index (χ1v) is 4.36. The van der Waals surface area contributed by atoms with E-state index in [2.05, 4.69) is 9.98 Å². The van der Waals surface area contributed by atoms with Crippen molar-refractivity contribution in [1.82, 2.24) is 10.5 Å². The third-order valence-electron chi connectivity index (χ3n) is 1.99. The molecule has 0 saturated heterocycles. The highest BCUT2D eigenvalue weighted by molar-refractivity contribution is 5.98. The third kappa shape index (κ3) is 1.94. The Balaban J connectivity index is 2.17. The molecule has 0 fully saturated rings. The molecule has 2 rings (SSSR count). The van der Waals surface area contributed by atoms with Gasteiger partial charge < -0.3 is 4.74 Å². The topological polar surface area (TPSA) is 83.8 Å². The van der Waals surface area contributed by atoms with Crippen molar-refractivity contribution in [1.29, 1.82) is 0 Å². The maximum atomic E-state index is 11.0. The number of hydrogen-bond acceptors (Lipinski definition) is 5. The van der Waals surface area contributed by atoms with E-state index < -0.39 is 11.9 Å². The van der Waals surface area contributed by atoms with Gasteiger partial charge >= 0.3 is 0 Å². The molecule has 1 aliphatic rings. The third-order valence-corrected chi connectivity index (χ3v) is 1.99.